The molecule has 0 radical (unpaired) electrons. The van der Waals surface area contributed by atoms with Gasteiger partial charge in [0, 0.05) is 17.1 Å². The van der Waals surface area contributed by atoms with Gasteiger partial charge in [-0.1, -0.05) is 19.9 Å². The lowest BCUT2D eigenvalue weighted by molar-refractivity contribution is 0.0694. The molecule has 0 bridgehead atoms. The second-order valence-corrected chi connectivity index (χ2v) is 4.81. The third-order valence-corrected chi connectivity index (χ3v) is 2.94. The number of carboxylic acids is 1. The molecular formula is C12H17NO2S. The zero-order valence-corrected chi connectivity index (χ0v) is 10.6. The molecule has 0 spiro atoms. The molecule has 0 amide bonds. The van der Waals surface area contributed by atoms with Crippen molar-refractivity contribution >= 4 is 23.4 Å². The van der Waals surface area contributed by atoms with Crippen LogP contribution in [0.3, 0.4) is 0 Å². The van der Waals surface area contributed by atoms with Gasteiger partial charge in [-0.25, -0.2) is 4.79 Å². The molecule has 0 saturated heterocycles. The van der Waals surface area contributed by atoms with E-state index in [4.69, 9.17) is 0 Å². The summed E-state index contributed by atoms with van der Waals surface area (Å²) in [6.45, 7) is 4.95. The van der Waals surface area contributed by atoms with Gasteiger partial charge in [-0.05, 0) is 24.3 Å². The second-order valence-electron chi connectivity index (χ2n) is 3.96. The smallest absolute Gasteiger partial charge is 0.338 e. The number of hydrogen-bond acceptors (Lipinski definition) is 3. The summed E-state index contributed by atoms with van der Waals surface area (Å²) in [4.78, 5) is 12.0. The first-order valence-corrected chi connectivity index (χ1v) is 6.43. The molecule has 0 atom stereocenters. The zero-order valence-electron chi connectivity index (χ0n) is 9.78. The quantitative estimate of drug-likeness (QED) is 0.775. The van der Waals surface area contributed by atoms with Crippen molar-refractivity contribution < 1.29 is 9.90 Å². The molecule has 16 heavy (non-hydrogen) atoms. The minimum Gasteiger partial charge on any atom is -0.478 e. The van der Waals surface area contributed by atoms with Crippen LogP contribution in [0, 0.1) is 5.92 Å². The predicted molar refractivity (Wildman–Crippen MR) is 68.5 cm³/mol. The fourth-order valence-electron chi connectivity index (χ4n) is 1.38. The summed E-state index contributed by atoms with van der Waals surface area (Å²) >= 11 is 1.45. The van der Waals surface area contributed by atoms with Crippen LogP contribution in [-0.2, 0) is 0 Å². The van der Waals surface area contributed by atoms with Crippen LogP contribution in [0.4, 0.5) is 5.69 Å². The number of hydrogen-bond donors (Lipinski definition) is 2. The summed E-state index contributed by atoms with van der Waals surface area (Å²) in [7, 11) is 0. The van der Waals surface area contributed by atoms with Crippen molar-refractivity contribution in [3.05, 3.63) is 23.8 Å². The van der Waals surface area contributed by atoms with Crippen molar-refractivity contribution in [2.75, 3.05) is 18.1 Å². The molecule has 0 aliphatic rings. The van der Waals surface area contributed by atoms with E-state index in [1.807, 2.05) is 24.5 Å². The Balaban J connectivity index is 3.02. The summed E-state index contributed by atoms with van der Waals surface area (Å²) in [5.74, 6) is -0.393. The summed E-state index contributed by atoms with van der Waals surface area (Å²) in [5.41, 5.74) is 1.07. The van der Waals surface area contributed by atoms with Crippen LogP contribution in [0.2, 0.25) is 0 Å². The van der Waals surface area contributed by atoms with Crippen LogP contribution in [-0.4, -0.2) is 23.9 Å². The number of carboxylic acid groups (broad SMARTS) is 1. The number of nitrogens with one attached hydrogen (secondary N) is 1. The van der Waals surface area contributed by atoms with E-state index in [1.54, 1.807) is 0 Å². The van der Waals surface area contributed by atoms with Crippen molar-refractivity contribution in [2.24, 2.45) is 5.92 Å². The highest BCUT2D eigenvalue weighted by Gasteiger charge is 2.14. The number of anilines is 1. The maximum atomic E-state index is 11.2. The normalized spacial score (nSPS) is 10.5. The van der Waals surface area contributed by atoms with Crippen LogP contribution in [0.15, 0.2) is 23.1 Å². The zero-order chi connectivity index (χ0) is 12.1. The van der Waals surface area contributed by atoms with Crippen molar-refractivity contribution in [2.45, 2.75) is 18.7 Å². The molecule has 0 aliphatic carbocycles. The molecule has 4 heteroatoms. The molecule has 1 rings (SSSR count). The van der Waals surface area contributed by atoms with E-state index in [-0.39, 0.29) is 0 Å². The Morgan fingerprint density at radius 1 is 1.50 bits per heavy atom. The Hall–Kier alpha value is -1.16. The molecule has 1 aromatic rings. The molecule has 1 aromatic carbocycles. The van der Waals surface area contributed by atoms with Gasteiger partial charge >= 0.3 is 5.97 Å². The monoisotopic (exact) mass is 239 g/mol. The van der Waals surface area contributed by atoms with Gasteiger partial charge in [-0.15, -0.1) is 11.8 Å². The lowest BCUT2D eigenvalue weighted by Gasteiger charge is -2.13. The predicted octanol–water partition coefficient (Wildman–Crippen LogP) is 3.17. The first kappa shape index (κ1) is 12.9. The molecular weight excluding hydrogens is 222 g/mol. The van der Waals surface area contributed by atoms with Crippen molar-refractivity contribution in [3.63, 3.8) is 0 Å². The Morgan fingerprint density at radius 2 is 2.19 bits per heavy atom. The van der Waals surface area contributed by atoms with E-state index in [1.165, 1.54) is 11.8 Å². The number of carbonyl (C=O) groups is 1. The van der Waals surface area contributed by atoms with Crippen molar-refractivity contribution in [1.29, 1.82) is 0 Å². The Morgan fingerprint density at radius 3 is 2.69 bits per heavy atom. The number of thioether (sulfide) groups is 1. The maximum absolute atomic E-state index is 11.2. The molecule has 3 nitrogen and oxygen atoms in total. The molecule has 0 unspecified atom stereocenters. The summed E-state index contributed by atoms with van der Waals surface area (Å²) in [6, 6.07) is 5.52. The molecule has 0 heterocycles. The molecule has 0 saturated carbocycles. The van der Waals surface area contributed by atoms with Gasteiger partial charge in [0.15, 0.2) is 0 Å². The van der Waals surface area contributed by atoms with Crippen LogP contribution in [0.25, 0.3) is 0 Å². The average molecular weight is 239 g/mol. The fraction of sp³-hybridized carbons (Fsp3) is 0.417. The van der Waals surface area contributed by atoms with Crippen LogP contribution >= 0.6 is 11.8 Å². The lowest BCUT2D eigenvalue weighted by atomic mass is 10.1. The first-order valence-electron chi connectivity index (χ1n) is 5.20. The van der Waals surface area contributed by atoms with Gasteiger partial charge in [0.25, 0.3) is 0 Å². The van der Waals surface area contributed by atoms with Gasteiger partial charge in [0.2, 0.25) is 0 Å². The summed E-state index contributed by atoms with van der Waals surface area (Å²) in [6.07, 6.45) is 1.88. The molecule has 0 aromatic heterocycles. The molecule has 0 fully saturated rings. The second kappa shape index (κ2) is 5.80. The van der Waals surface area contributed by atoms with Crippen molar-refractivity contribution in [3.8, 4) is 0 Å². The number of benzene rings is 1. The molecule has 88 valence electrons. The van der Waals surface area contributed by atoms with Gasteiger partial charge in [-0.2, -0.15) is 0 Å². The Labute approximate surface area is 100 Å². The lowest BCUT2D eigenvalue weighted by Crippen LogP contribution is -2.12. The van der Waals surface area contributed by atoms with E-state index in [9.17, 15) is 9.90 Å². The minimum absolute atomic E-state index is 0.371. The average Bonchev–Trinajstić information content (AvgIpc) is 2.25. The highest BCUT2D eigenvalue weighted by molar-refractivity contribution is 7.98. The first-order chi connectivity index (χ1) is 7.56. The molecule has 2 N–H and O–H groups in total. The van der Waals surface area contributed by atoms with E-state index in [0.29, 0.717) is 17.2 Å². The van der Waals surface area contributed by atoms with E-state index in [2.05, 4.69) is 19.2 Å². The summed E-state index contributed by atoms with van der Waals surface area (Å²) < 4.78 is 0. The van der Waals surface area contributed by atoms with E-state index < -0.39 is 5.97 Å². The third-order valence-electron chi connectivity index (χ3n) is 2.16. The minimum atomic E-state index is -0.879. The van der Waals surface area contributed by atoms with Gasteiger partial charge in [0.1, 0.15) is 0 Å². The number of aromatic carboxylic acids is 1. The Kier molecular flexibility index (Phi) is 4.68. The van der Waals surface area contributed by atoms with E-state index in [0.717, 1.165) is 11.4 Å². The summed E-state index contributed by atoms with van der Waals surface area (Å²) in [5, 5.41) is 12.4. The largest absolute Gasteiger partial charge is 0.478 e. The van der Waals surface area contributed by atoms with Crippen LogP contribution in [0.1, 0.15) is 24.2 Å². The maximum Gasteiger partial charge on any atom is 0.338 e. The highest BCUT2D eigenvalue weighted by Crippen LogP contribution is 2.27. The SMILES string of the molecule is CSc1cccc(NCC(C)C)c1C(=O)O. The van der Waals surface area contributed by atoms with Gasteiger partial charge in [0.05, 0.1) is 5.56 Å². The third kappa shape index (κ3) is 3.17. The molecule has 0 aliphatic heterocycles. The van der Waals surface area contributed by atoms with Gasteiger partial charge < -0.3 is 10.4 Å². The number of rotatable bonds is 5. The Bertz CT molecular complexity index is 377. The van der Waals surface area contributed by atoms with Crippen LogP contribution < -0.4 is 5.32 Å². The van der Waals surface area contributed by atoms with Crippen molar-refractivity contribution in [1.82, 2.24) is 0 Å². The highest BCUT2D eigenvalue weighted by atomic mass is 32.2. The van der Waals surface area contributed by atoms with Gasteiger partial charge in [-0.3, -0.25) is 0 Å². The topological polar surface area (TPSA) is 49.3 Å². The standard InChI is InChI=1S/C12H17NO2S/c1-8(2)7-13-9-5-4-6-10(16-3)11(9)12(14)15/h4-6,8,13H,7H2,1-3H3,(H,14,15). The van der Waals surface area contributed by atoms with Crippen LogP contribution in [0.5, 0.6) is 0 Å². The fourth-order valence-corrected chi connectivity index (χ4v) is 2.00. The van der Waals surface area contributed by atoms with E-state index >= 15 is 0 Å².